The number of nitrogens with zero attached hydrogens (tertiary/aromatic N) is 1. The molecular weight excluding hydrogens is 171 g/mol. The van der Waals surface area contributed by atoms with Gasteiger partial charge in [-0.05, 0) is 12.1 Å². The van der Waals surface area contributed by atoms with Crippen LogP contribution in [0, 0.1) is 0 Å². The fourth-order valence-electron chi connectivity index (χ4n) is 0.705. The molecule has 0 radical (unpaired) electrons. The first-order valence-electron chi connectivity index (χ1n) is 3.17. The third kappa shape index (κ3) is 1.94. The van der Waals surface area contributed by atoms with Crippen LogP contribution in [0.4, 0.5) is 13.2 Å². The average Bonchev–Trinajstić information content (AvgIpc) is 2.03. The Morgan fingerprint density at radius 3 is 2.42 bits per heavy atom. The Bertz CT molecular complexity index is 247. The molecule has 1 atom stereocenters. The van der Waals surface area contributed by atoms with Crippen LogP contribution < -0.4 is 0 Å². The number of aliphatic hydroxyl groups excluding tert-OH is 1. The molecule has 0 aliphatic carbocycles. The number of halogens is 3. The number of rotatable bonds is 1. The van der Waals surface area contributed by atoms with E-state index in [-0.39, 0.29) is 5.69 Å². The van der Waals surface area contributed by atoms with Crippen LogP contribution in [0.1, 0.15) is 11.8 Å². The third-order valence-electron chi connectivity index (χ3n) is 1.28. The van der Waals surface area contributed by atoms with E-state index in [1.807, 2.05) is 0 Å². The lowest BCUT2D eigenvalue weighted by atomic mass is 10.2. The molecule has 0 saturated heterocycles. The second-order valence-corrected chi connectivity index (χ2v) is 2.20. The van der Waals surface area contributed by atoms with E-state index >= 15 is 0 Å². The van der Waals surface area contributed by atoms with Crippen molar-refractivity contribution >= 4 is 0 Å². The lowest BCUT2D eigenvalue weighted by molar-refractivity contribution is -0.207. The minimum Gasteiger partial charge on any atom is -0.378 e. The summed E-state index contributed by atoms with van der Waals surface area (Å²) in [5.74, 6) is 0. The zero-order valence-electron chi connectivity index (χ0n) is 5.92. The predicted octanol–water partition coefficient (Wildman–Crippen LogP) is 1.68. The Hall–Kier alpha value is -1.10. The third-order valence-corrected chi connectivity index (χ3v) is 1.28. The van der Waals surface area contributed by atoms with Crippen LogP contribution in [-0.4, -0.2) is 16.3 Å². The minimum absolute atomic E-state index is 0.384. The van der Waals surface area contributed by atoms with Crippen LogP contribution in [-0.2, 0) is 0 Å². The second kappa shape index (κ2) is 3.10. The van der Waals surface area contributed by atoms with Crippen LogP contribution in [0.15, 0.2) is 24.4 Å². The molecule has 0 fully saturated rings. The van der Waals surface area contributed by atoms with Crippen molar-refractivity contribution in [1.82, 2.24) is 4.98 Å². The van der Waals surface area contributed by atoms with E-state index in [4.69, 9.17) is 5.11 Å². The summed E-state index contributed by atoms with van der Waals surface area (Å²) in [5.41, 5.74) is -0.384. The van der Waals surface area contributed by atoms with Gasteiger partial charge in [0.1, 0.15) is 0 Å². The van der Waals surface area contributed by atoms with Crippen LogP contribution >= 0.6 is 0 Å². The molecule has 1 N–H and O–H groups in total. The van der Waals surface area contributed by atoms with Crippen molar-refractivity contribution in [1.29, 1.82) is 0 Å². The molecule has 0 aromatic carbocycles. The highest BCUT2D eigenvalue weighted by Gasteiger charge is 2.40. The number of aliphatic hydroxyl groups is 1. The highest BCUT2D eigenvalue weighted by molar-refractivity contribution is 5.07. The van der Waals surface area contributed by atoms with Gasteiger partial charge in [0, 0.05) is 6.20 Å². The summed E-state index contributed by atoms with van der Waals surface area (Å²) in [6, 6.07) is 3.99. The summed E-state index contributed by atoms with van der Waals surface area (Å²) in [7, 11) is 0. The molecule has 12 heavy (non-hydrogen) atoms. The van der Waals surface area contributed by atoms with Gasteiger partial charge in [0.15, 0.2) is 6.10 Å². The first-order chi connectivity index (χ1) is 5.52. The SMILES string of the molecule is O[C@@H](c1ccccn1)C(F)(F)F. The summed E-state index contributed by atoms with van der Waals surface area (Å²) in [5, 5.41) is 8.67. The fraction of sp³-hybridized carbons (Fsp3) is 0.286. The second-order valence-electron chi connectivity index (χ2n) is 2.20. The van der Waals surface area contributed by atoms with Gasteiger partial charge in [-0.2, -0.15) is 13.2 Å². The first kappa shape index (κ1) is 8.99. The van der Waals surface area contributed by atoms with E-state index in [0.717, 1.165) is 6.07 Å². The minimum atomic E-state index is -4.64. The molecule has 0 bridgehead atoms. The largest absolute Gasteiger partial charge is 0.420 e. The van der Waals surface area contributed by atoms with E-state index in [2.05, 4.69) is 4.98 Å². The maximum absolute atomic E-state index is 11.8. The van der Waals surface area contributed by atoms with Crippen LogP contribution in [0.25, 0.3) is 0 Å². The molecule has 66 valence electrons. The van der Waals surface area contributed by atoms with Gasteiger partial charge in [0.05, 0.1) is 5.69 Å². The molecule has 1 heterocycles. The van der Waals surface area contributed by atoms with Gasteiger partial charge in [-0.15, -0.1) is 0 Å². The summed E-state index contributed by atoms with van der Waals surface area (Å²) in [6.07, 6.45) is -5.93. The van der Waals surface area contributed by atoms with Crippen molar-refractivity contribution in [2.45, 2.75) is 12.3 Å². The van der Waals surface area contributed by atoms with Crippen LogP contribution in [0.2, 0.25) is 0 Å². The maximum atomic E-state index is 11.8. The number of hydrogen-bond acceptors (Lipinski definition) is 2. The average molecular weight is 177 g/mol. The number of hydrogen-bond donors (Lipinski definition) is 1. The van der Waals surface area contributed by atoms with E-state index in [9.17, 15) is 13.2 Å². The Kier molecular flexibility index (Phi) is 2.32. The first-order valence-corrected chi connectivity index (χ1v) is 3.17. The Labute approximate surface area is 66.7 Å². The monoisotopic (exact) mass is 177 g/mol. The normalized spacial score (nSPS) is 14.3. The number of aromatic nitrogens is 1. The van der Waals surface area contributed by atoms with Gasteiger partial charge in [0.2, 0.25) is 0 Å². The van der Waals surface area contributed by atoms with Gasteiger partial charge < -0.3 is 5.11 Å². The Balaban J connectivity index is 2.86. The predicted molar refractivity (Wildman–Crippen MR) is 35.3 cm³/mol. The van der Waals surface area contributed by atoms with Gasteiger partial charge >= 0.3 is 6.18 Å². The molecule has 1 aromatic rings. The summed E-state index contributed by atoms with van der Waals surface area (Å²) < 4.78 is 35.5. The highest BCUT2D eigenvalue weighted by atomic mass is 19.4. The van der Waals surface area contributed by atoms with E-state index in [1.165, 1.54) is 18.3 Å². The lowest BCUT2D eigenvalue weighted by Crippen LogP contribution is -2.20. The topological polar surface area (TPSA) is 33.1 Å². The molecule has 0 aliphatic heterocycles. The summed E-state index contributed by atoms with van der Waals surface area (Å²) in [6.45, 7) is 0. The zero-order valence-corrected chi connectivity index (χ0v) is 5.92. The molecule has 0 saturated carbocycles. The number of alkyl halides is 3. The van der Waals surface area contributed by atoms with Crippen molar-refractivity contribution in [2.75, 3.05) is 0 Å². The smallest absolute Gasteiger partial charge is 0.378 e. The van der Waals surface area contributed by atoms with Crippen molar-refractivity contribution in [3.63, 3.8) is 0 Å². The molecule has 0 spiro atoms. The van der Waals surface area contributed by atoms with E-state index in [0.29, 0.717) is 0 Å². The van der Waals surface area contributed by atoms with Crippen molar-refractivity contribution in [3.05, 3.63) is 30.1 Å². The van der Waals surface area contributed by atoms with Gasteiger partial charge in [-0.1, -0.05) is 6.07 Å². The summed E-state index contributed by atoms with van der Waals surface area (Å²) >= 11 is 0. The molecule has 5 heteroatoms. The Morgan fingerprint density at radius 1 is 1.33 bits per heavy atom. The lowest BCUT2D eigenvalue weighted by Gasteiger charge is -2.12. The quantitative estimate of drug-likeness (QED) is 0.707. The molecule has 1 rings (SSSR count). The maximum Gasteiger partial charge on any atom is 0.420 e. The standard InChI is InChI=1S/C7H6F3NO/c8-7(9,10)6(12)5-3-1-2-4-11-5/h1-4,6,12H/t6-/m0/s1. The molecule has 1 aromatic heterocycles. The fourth-order valence-corrected chi connectivity index (χ4v) is 0.705. The van der Waals surface area contributed by atoms with Crippen molar-refractivity contribution in [3.8, 4) is 0 Å². The van der Waals surface area contributed by atoms with Gasteiger partial charge in [-0.25, -0.2) is 0 Å². The zero-order chi connectivity index (χ0) is 9.19. The Morgan fingerprint density at radius 2 is 2.00 bits per heavy atom. The molecule has 0 amide bonds. The number of pyridine rings is 1. The van der Waals surface area contributed by atoms with Gasteiger partial charge in [-0.3, -0.25) is 4.98 Å². The van der Waals surface area contributed by atoms with Crippen LogP contribution in [0.5, 0.6) is 0 Å². The molecule has 0 aliphatic rings. The molecular formula is C7H6F3NO. The van der Waals surface area contributed by atoms with Crippen LogP contribution in [0.3, 0.4) is 0 Å². The van der Waals surface area contributed by atoms with Gasteiger partial charge in [0.25, 0.3) is 0 Å². The van der Waals surface area contributed by atoms with Crippen molar-refractivity contribution < 1.29 is 18.3 Å². The molecule has 0 unspecified atom stereocenters. The highest BCUT2D eigenvalue weighted by Crippen LogP contribution is 2.30. The van der Waals surface area contributed by atoms with E-state index < -0.39 is 12.3 Å². The van der Waals surface area contributed by atoms with E-state index in [1.54, 1.807) is 0 Å². The molecule has 2 nitrogen and oxygen atoms in total. The summed E-state index contributed by atoms with van der Waals surface area (Å²) in [4.78, 5) is 3.38. The van der Waals surface area contributed by atoms with Crippen molar-refractivity contribution in [2.24, 2.45) is 0 Å².